The highest BCUT2D eigenvalue weighted by molar-refractivity contribution is 9.08. The van der Waals surface area contributed by atoms with E-state index in [-0.39, 0.29) is 18.4 Å². The number of imide groups is 1. The number of aliphatic hydroxyl groups is 1. The van der Waals surface area contributed by atoms with Crippen LogP contribution >= 0.6 is 16.1 Å². The van der Waals surface area contributed by atoms with E-state index >= 15 is 0 Å². The molecule has 0 saturated carbocycles. The Morgan fingerprint density at radius 3 is 1.82 bits per heavy atom. The van der Waals surface area contributed by atoms with Gasteiger partial charge in [-0.2, -0.15) is 0 Å². The van der Waals surface area contributed by atoms with Crippen molar-refractivity contribution in [1.29, 1.82) is 0 Å². The van der Waals surface area contributed by atoms with Crippen LogP contribution < -0.4 is 0 Å². The summed E-state index contributed by atoms with van der Waals surface area (Å²) < 4.78 is 0.979. The van der Waals surface area contributed by atoms with Crippen molar-refractivity contribution >= 4 is 28.0 Å². The first-order chi connectivity index (χ1) is 5.13. The Balaban J connectivity index is 0.000000292. The molecular formula is C6H10BrNO3. The average molecular weight is 224 g/mol. The van der Waals surface area contributed by atoms with Crippen molar-refractivity contribution in [3.63, 3.8) is 0 Å². The highest BCUT2D eigenvalue weighted by atomic mass is 79.9. The molecule has 0 unspecified atom stereocenters. The first-order valence-corrected chi connectivity index (χ1v) is 3.96. The Morgan fingerprint density at radius 1 is 1.45 bits per heavy atom. The predicted octanol–water partition coefficient (Wildman–Crippen LogP) is 0.444. The van der Waals surface area contributed by atoms with E-state index in [2.05, 4.69) is 16.1 Å². The van der Waals surface area contributed by atoms with Crippen LogP contribution in [0, 0.1) is 0 Å². The van der Waals surface area contributed by atoms with Gasteiger partial charge in [-0.05, 0) is 6.92 Å². The summed E-state index contributed by atoms with van der Waals surface area (Å²) in [5.74, 6) is -0.287. The van der Waals surface area contributed by atoms with Gasteiger partial charge in [0.05, 0.1) is 16.1 Å². The van der Waals surface area contributed by atoms with Gasteiger partial charge in [0.15, 0.2) is 0 Å². The van der Waals surface area contributed by atoms with Crippen LogP contribution in [0.4, 0.5) is 0 Å². The summed E-state index contributed by atoms with van der Waals surface area (Å²) in [7, 11) is 0. The van der Waals surface area contributed by atoms with E-state index in [1.54, 1.807) is 6.92 Å². The lowest BCUT2D eigenvalue weighted by Crippen LogP contribution is -2.16. The molecule has 0 aromatic heterocycles. The number of hydrogen-bond acceptors (Lipinski definition) is 3. The van der Waals surface area contributed by atoms with Crippen LogP contribution in [0.2, 0.25) is 0 Å². The Bertz CT molecular complexity index is 144. The van der Waals surface area contributed by atoms with E-state index in [1.807, 2.05) is 0 Å². The lowest BCUT2D eigenvalue weighted by molar-refractivity contribution is -0.131. The van der Waals surface area contributed by atoms with Crippen LogP contribution in [0.25, 0.3) is 0 Å². The number of amides is 2. The first-order valence-electron chi connectivity index (χ1n) is 3.25. The van der Waals surface area contributed by atoms with E-state index in [4.69, 9.17) is 5.11 Å². The van der Waals surface area contributed by atoms with Crippen LogP contribution in [0.5, 0.6) is 0 Å². The smallest absolute Gasteiger partial charge is 0.239 e. The number of carbonyl (C=O) groups is 2. The molecule has 0 aliphatic carbocycles. The van der Waals surface area contributed by atoms with Crippen molar-refractivity contribution in [2.24, 2.45) is 0 Å². The minimum Gasteiger partial charge on any atom is -0.397 e. The van der Waals surface area contributed by atoms with Crippen LogP contribution in [0.1, 0.15) is 19.8 Å². The monoisotopic (exact) mass is 223 g/mol. The largest absolute Gasteiger partial charge is 0.397 e. The maximum Gasteiger partial charge on any atom is 0.239 e. The van der Waals surface area contributed by atoms with Crippen molar-refractivity contribution in [3.8, 4) is 0 Å². The molecule has 5 heteroatoms. The molecule has 2 amide bonds. The fourth-order valence-corrected chi connectivity index (χ4v) is 0.904. The molecule has 1 N–H and O–H groups in total. The number of carbonyl (C=O) groups excluding carboxylic acids is 2. The first kappa shape index (κ1) is 10.6. The molecule has 4 nitrogen and oxygen atoms in total. The van der Waals surface area contributed by atoms with Crippen LogP contribution in [-0.2, 0) is 9.59 Å². The highest BCUT2D eigenvalue weighted by Crippen LogP contribution is 2.14. The molecule has 0 aromatic rings. The van der Waals surface area contributed by atoms with E-state index in [0.29, 0.717) is 12.8 Å². The van der Waals surface area contributed by atoms with Crippen molar-refractivity contribution in [2.75, 3.05) is 6.61 Å². The van der Waals surface area contributed by atoms with E-state index in [0.717, 1.165) is 3.93 Å². The van der Waals surface area contributed by atoms with Gasteiger partial charge in [-0.25, -0.2) is 3.93 Å². The van der Waals surface area contributed by atoms with Gasteiger partial charge in [0.2, 0.25) is 11.8 Å². The summed E-state index contributed by atoms with van der Waals surface area (Å²) >= 11 is 2.80. The van der Waals surface area contributed by atoms with Crippen LogP contribution in [-0.4, -0.2) is 27.5 Å². The normalized spacial score (nSPS) is 16.5. The molecule has 0 radical (unpaired) electrons. The van der Waals surface area contributed by atoms with E-state index < -0.39 is 0 Å². The molecule has 1 saturated heterocycles. The summed E-state index contributed by atoms with van der Waals surface area (Å²) in [6.07, 6.45) is 0.703. The summed E-state index contributed by atoms with van der Waals surface area (Å²) in [4.78, 5) is 20.9. The van der Waals surface area contributed by atoms with Gasteiger partial charge in [-0.1, -0.05) is 0 Å². The SMILES string of the molecule is CCO.O=C1CCC(=O)N1Br. The lowest BCUT2D eigenvalue weighted by atomic mass is 10.4. The fourth-order valence-electron chi connectivity index (χ4n) is 0.549. The van der Waals surface area contributed by atoms with Gasteiger partial charge in [0.1, 0.15) is 0 Å². The molecule has 1 aliphatic rings. The maximum atomic E-state index is 10.4. The summed E-state index contributed by atoms with van der Waals surface area (Å²) in [5.41, 5.74) is 0. The third kappa shape index (κ3) is 3.48. The number of aliphatic hydroxyl groups excluding tert-OH is 1. The molecule has 11 heavy (non-hydrogen) atoms. The van der Waals surface area contributed by atoms with Gasteiger partial charge < -0.3 is 5.11 Å². The second-order valence-electron chi connectivity index (χ2n) is 1.88. The minimum atomic E-state index is -0.144. The number of nitrogens with zero attached hydrogens (tertiary/aromatic N) is 1. The quantitative estimate of drug-likeness (QED) is 0.479. The lowest BCUT2D eigenvalue weighted by Gasteiger charge is -1.97. The van der Waals surface area contributed by atoms with Gasteiger partial charge >= 0.3 is 0 Å². The van der Waals surface area contributed by atoms with Crippen molar-refractivity contribution in [1.82, 2.24) is 3.93 Å². The zero-order valence-electron chi connectivity index (χ0n) is 6.21. The molecule has 64 valence electrons. The molecule has 1 aliphatic heterocycles. The molecule has 0 bridgehead atoms. The Labute approximate surface area is 73.5 Å². The Hall–Kier alpha value is -0.420. The van der Waals surface area contributed by atoms with Crippen LogP contribution in [0.15, 0.2) is 0 Å². The van der Waals surface area contributed by atoms with Crippen molar-refractivity contribution in [3.05, 3.63) is 0 Å². The van der Waals surface area contributed by atoms with Gasteiger partial charge in [-0.15, -0.1) is 0 Å². The number of hydrogen-bond donors (Lipinski definition) is 1. The molecular weight excluding hydrogens is 214 g/mol. The topological polar surface area (TPSA) is 57.6 Å². The molecule has 0 atom stereocenters. The molecule has 1 rings (SSSR count). The summed E-state index contributed by atoms with van der Waals surface area (Å²) in [6, 6.07) is 0. The Kier molecular flexibility index (Phi) is 5.06. The zero-order valence-corrected chi connectivity index (χ0v) is 7.80. The van der Waals surface area contributed by atoms with Crippen molar-refractivity contribution < 1.29 is 14.7 Å². The third-order valence-electron chi connectivity index (χ3n) is 0.991. The van der Waals surface area contributed by atoms with Crippen LogP contribution in [0.3, 0.4) is 0 Å². The second kappa shape index (κ2) is 5.26. The van der Waals surface area contributed by atoms with E-state index in [9.17, 15) is 9.59 Å². The number of halogens is 1. The van der Waals surface area contributed by atoms with Crippen molar-refractivity contribution in [2.45, 2.75) is 19.8 Å². The summed E-state index contributed by atoms with van der Waals surface area (Å²) in [5, 5.41) is 7.57. The molecule has 1 fully saturated rings. The van der Waals surface area contributed by atoms with Gasteiger partial charge in [0, 0.05) is 19.4 Å². The molecule has 0 spiro atoms. The van der Waals surface area contributed by atoms with E-state index in [1.165, 1.54) is 0 Å². The Morgan fingerprint density at radius 2 is 1.73 bits per heavy atom. The standard InChI is InChI=1S/C4H4BrNO2.C2H6O/c5-6-3(7)1-2-4(6)8;1-2-3/h1-2H2;3H,2H2,1H3. The zero-order chi connectivity index (χ0) is 8.85. The highest BCUT2D eigenvalue weighted by Gasteiger charge is 2.26. The third-order valence-corrected chi connectivity index (χ3v) is 1.78. The fraction of sp³-hybridized carbons (Fsp3) is 0.667. The second-order valence-corrected chi connectivity index (χ2v) is 2.59. The van der Waals surface area contributed by atoms with Gasteiger partial charge in [-0.3, -0.25) is 9.59 Å². The maximum absolute atomic E-state index is 10.4. The average Bonchev–Trinajstić information content (AvgIpc) is 2.22. The predicted molar refractivity (Wildman–Crippen MR) is 42.8 cm³/mol. The summed E-state index contributed by atoms with van der Waals surface area (Å²) in [6.45, 7) is 1.93. The molecule has 1 heterocycles. The van der Waals surface area contributed by atoms with Gasteiger partial charge in [0.25, 0.3) is 0 Å². The molecule has 0 aromatic carbocycles. The minimum absolute atomic E-state index is 0.144. The number of rotatable bonds is 0.